The fraction of sp³-hybridized carbons (Fsp3) is 0.625. The quantitative estimate of drug-likeness (QED) is 0.500. The monoisotopic (exact) mass is 152 g/mol. The molecule has 2 aliphatic rings. The molecule has 0 bridgehead atoms. The van der Waals surface area contributed by atoms with Crippen LogP contribution in [-0.4, -0.2) is 30.9 Å². The van der Waals surface area contributed by atoms with E-state index in [-0.39, 0.29) is 0 Å². The van der Waals surface area contributed by atoms with Gasteiger partial charge in [0.05, 0.1) is 0 Å². The molecule has 2 heterocycles. The summed E-state index contributed by atoms with van der Waals surface area (Å²) in [5.74, 6) is 0. The van der Waals surface area contributed by atoms with Gasteiger partial charge in [-0.15, -0.1) is 0 Å². The molecule has 0 saturated heterocycles. The molecular weight excluding hydrogens is 138 g/mol. The lowest BCUT2D eigenvalue weighted by molar-refractivity contribution is -0.474. The summed E-state index contributed by atoms with van der Waals surface area (Å²) in [4.78, 5) is 6.64. The van der Waals surface area contributed by atoms with Gasteiger partial charge in [0.15, 0.2) is 6.34 Å². The summed E-state index contributed by atoms with van der Waals surface area (Å²) in [6, 6.07) is 0.673. The zero-order chi connectivity index (χ0) is 7.84. The van der Waals surface area contributed by atoms with Gasteiger partial charge in [0.1, 0.15) is 11.4 Å². The summed E-state index contributed by atoms with van der Waals surface area (Å²) in [5.41, 5.74) is 2.71. The standard InChI is InChI=1S/C8H13N3/c1-6-3-7-8(4-11(6)2)10-5-9-7/h5-6H,3-4H2,1-2H3,(H,9,10)/p+1. The molecule has 1 unspecified atom stereocenters. The second-order valence-electron chi connectivity index (χ2n) is 3.39. The van der Waals surface area contributed by atoms with E-state index in [1.807, 2.05) is 6.34 Å². The maximum absolute atomic E-state index is 4.30. The highest BCUT2D eigenvalue weighted by Crippen LogP contribution is 2.19. The Morgan fingerprint density at radius 3 is 3.36 bits per heavy atom. The highest BCUT2D eigenvalue weighted by atomic mass is 15.2. The highest BCUT2D eigenvalue weighted by Gasteiger charge is 2.26. The van der Waals surface area contributed by atoms with Crippen molar-refractivity contribution >= 4 is 6.34 Å². The molecule has 0 aromatic rings. The van der Waals surface area contributed by atoms with Gasteiger partial charge in [-0.3, -0.25) is 10.2 Å². The van der Waals surface area contributed by atoms with Crippen molar-refractivity contribution in [1.82, 2.24) is 4.90 Å². The van der Waals surface area contributed by atoms with E-state index >= 15 is 0 Å². The minimum Gasteiger partial charge on any atom is -0.297 e. The molecule has 0 radical (unpaired) electrons. The van der Waals surface area contributed by atoms with Gasteiger partial charge in [0, 0.05) is 19.0 Å². The minimum absolute atomic E-state index is 0.673. The highest BCUT2D eigenvalue weighted by molar-refractivity contribution is 5.50. The van der Waals surface area contributed by atoms with E-state index in [9.17, 15) is 0 Å². The van der Waals surface area contributed by atoms with Crippen molar-refractivity contribution < 1.29 is 5.32 Å². The lowest BCUT2D eigenvalue weighted by Crippen LogP contribution is -2.79. The number of hydrogen-bond donors (Lipinski definition) is 1. The number of hydrogen-bond acceptors (Lipinski definition) is 2. The summed E-state index contributed by atoms with van der Waals surface area (Å²) in [5, 5.41) is 2.14. The van der Waals surface area contributed by atoms with Crippen molar-refractivity contribution in [1.29, 1.82) is 0 Å². The van der Waals surface area contributed by atoms with E-state index in [1.165, 1.54) is 11.4 Å². The van der Waals surface area contributed by atoms with Crippen LogP contribution in [0.1, 0.15) is 13.3 Å². The first kappa shape index (κ1) is 7.00. The summed E-state index contributed by atoms with van der Waals surface area (Å²) >= 11 is 0. The molecule has 0 saturated carbocycles. The van der Waals surface area contributed by atoms with E-state index < -0.39 is 0 Å². The molecule has 1 atom stereocenters. The van der Waals surface area contributed by atoms with Crippen LogP contribution in [0.2, 0.25) is 0 Å². The van der Waals surface area contributed by atoms with Gasteiger partial charge in [0.25, 0.3) is 0 Å². The largest absolute Gasteiger partial charge is 0.297 e. The van der Waals surface area contributed by atoms with Gasteiger partial charge in [-0.25, -0.2) is 4.99 Å². The van der Waals surface area contributed by atoms with Crippen molar-refractivity contribution in [2.24, 2.45) is 4.99 Å². The first-order chi connectivity index (χ1) is 5.27. The normalized spacial score (nSPS) is 31.3. The van der Waals surface area contributed by atoms with Crippen LogP contribution in [0.4, 0.5) is 0 Å². The number of quaternary nitrogens is 1. The minimum atomic E-state index is 0.673. The molecule has 0 spiro atoms. The van der Waals surface area contributed by atoms with Crippen LogP contribution in [-0.2, 0) is 0 Å². The third kappa shape index (κ3) is 1.10. The first-order valence-corrected chi connectivity index (χ1v) is 4.07. The fourth-order valence-corrected chi connectivity index (χ4v) is 1.59. The molecule has 2 rings (SSSR count). The summed E-state index contributed by atoms with van der Waals surface area (Å²) in [6.45, 7) is 3.28. The Hall–Kier alpha value is -0.670. The smallest absolute Gasteiger partial charge is 0.191 e. The van der Waals surface area contributed by atoms with E-state index in [1.54, 1.807) is 0 Å². The van der Waals surface area contributed by atoms with Gasteiger partial charge < -0.3 is 0 Å². The molecule has 0 aromatic carbocycles. The Morgan fingerprint density at radius 2 is 2.55 bits per heavy atom. The molecule has 0 aromatic heterocycles. The van der Waals surface area contributed by atoms with Crippen molar-refractivity contribution in [3.63, 3.8) is 0 Å². The van der Waals surface area contributed by atoms with Crippen LogP contribution in [0.25, 0.3) is 0 Å². The predicted octanol–water partition coefficient (Wildman–Crippen LogP) is -0.473. The maximum atomic E-state index is 4.30. The molecule has 3 heteroatoms. The van der Waals surface area contributed by atoms with Crippen molar-refractivity contribution in [2.75, 3.05) is 13.6 Å². The summed E-state index contributed by atoms with van der Waals surface area (Å²) in [6.07, 6.45) is 3.07. The Kier molecular flexibility index (Phi) is 1.55. The number of nitrogens with two attached hydrogens (primary N) is 1. The Balaban J connectivity index is 2.20. The molecular formula is C8H14N3+. The van der Waals surface area contributed by atoms with Crippen LogP contribution in [0.3, 0.4) is 0 Å². The third-order valence-corrected chi connectivity index (χ3v) is 2.54. The van der Waals surface area contributed by atoms with Gasteiger partial charge in [0.2, 0.25) is 0 Å². The molecule has 2 aliphatic heterocycles. The Bertz CT molecular complexity index is 229. The average molecular weight is 152 g/mol. The van der Waals surface area contributed by atoms with Crippen molar-refractivity contribution in [3.8, 4) is 0 Å². The lowest BCUT2D eigenvalue weighted by Gasteiger charge is -2.27. The Labute approximate surface area is 66.8 Å². The number of nitrogens with zero attached hydrogens (tertiary/aromatic N) is 2. The lowest BCUT2D eigenvalue weighted by atomic mass is 10.1. The molecule has 11 heavy (non-hydrogen) atoms. The van der Waals surface area contributed by atoms with E-state index in [0.29, 0.717) is 6.04 Å². The molecule has 2 N–H and O–H groups in total. The Morgan fingerprint density at radius 1 is 1.73 bits per heavy atom. The second kappa shape index (κ2) is 2.43. The van der Waals surface area contributed by atoms with E-state index in [0.717, 1.165) is 13.0 Å². The SMILES string of the molecule is CC1CC2=C(CN1C)N=C[NH2+]2. The van der Waals surface area contributed by atoms with Gasteiger partial charge >= 0.3 is 0 Å². The van der Waals surface area contributed by atoms with Crippen LogP contribution >= 0.6 is 0 Å². The molecule has 0 fully saturated rings. The number of rotatable bonds is 0. The van der Waals surface area contributed by atoms with Crippen LogP contribution in [0, 0.1) is 0 Å². The predicted molar refractivity (Wildman–Crippen MR) is 44.2 cm³/mol. The van der Waals surface area contributed by atoms with Crippen molar-refractivity contribution in [2.45, 2.75) is 19.4 Å². The number of aliphatic imine (C=N–C) groups is 1. The topological polar surface area (TPSA) is 32.2 Å². The second-order valence-corrected chi connectivity index (χ2v) is 3.39. The van der Waals surface area contributed by atoms with Crippen LogP contribution < -0.4 is 5.32 Å². The molecule has 60 valence electrons. The van der Waals surface area contributed by atoms with E-state index in [2.05, 4.69) is 29.2 Å². The average Bonchev–Trinajstić information content (AvgIpc) is 2.36. The molecule has 0 aliphatic carbocycles. The molecule has 3 nitrogen and oxygen atoms in total. The first-order valence-electron chi connectivity index (χ1n) is 4.07. The van der Waals surface area contributed by atoms with Crippen LogP contribution in [0.5, 0.6) is 0 Å². The maximum Gasteiger partial charge on any atom is 0.191 e. The van der Waals surface area contributed by atoms with E-state index in [4.69, 9.17) is 0 Å². The molecule has 0 amide bonds. The van der Waals surface area contributed by atoms with Gasteiger partial charge in [-0.1, -0.05) is 0 Å². The third-order valence-electron chi connectivity index (χ3n) is 2.54. The summed E-state index contributed by atoms with van der Waals surface area (Å²) < 4.78 is 0. The van der Waals surface area contributed by atoms with Gasteiger partial charge in [-0.2, -0.15) is 0 Å². The zero-order valence-corrected chi connectivity index (χ0v) is 7.04. The van der Waals surface area contributed by atoms with Gasteiger partial charge in [-0.05, 0) is 14.0 Å². The number of likely N-dealkylation sites (N-methyl/N-ethyl adjacent to an activating group) is 1. The van der Waals surface area contributed by atoms with Crippen molar-refractivity contribution in [3.05, 3.63) is 11.4 Å². The summed E-state index contributed by atoms with van der Waals surface area (Å²) in [7, 11) is 2.16. The zero-order valence-electron chi connectivity index (χ0n) is 7.04. The van der Waals surface area contributed by atoms with Crippen LogP contribution in [0.15, 0.2) is 16.4 Å². The fourth-order valence-electron chi connectivity index (χ4n) is 1.59.